The van der Waals surface area contributed by atoms with Gasteiger partial charge in [-0.2, -0.15) is 13.2 Å². The molecule has 1 aliphatic heterocycles. The number of anilines is 2. The predicted octanol–water partition coefficient (Wildman–Crippen LogP) is 6.51. The number of amidine groups is 1. The fourth-order valence-corrected chi connectivity index (χ4v) is 3.92. The minimum absolute atomic E-state index is 0.0837. The van der Waals surface area contributed by atoms with Crippen LogP contribution in [0.25, 0.3) is 0 Å². The van der Waals surface area contributed by atoms with Gasteiger partial charge < -0.3 is 15.0 Å². The van der Waals surface area contributed by atoms with Crippen molar-refractivity contribution in [2.75, 3.05) is 23.3 Å². The summed E-state index contributed by atoms with van der Waals surface area (Å²) in [5, 5.41) is 3.09. The normalized spacial score (nSPS) is 17.6. The van der Waals surface area contributed by atoms with E-state index >= 15 is 0 Å². The van der Waals surface area contributed by atoms with Gasteiger partial charge in [-0.05, 0) is 45.0 Å². The molecule has 0 saturated heterocycles. The molecule has 0 aliphatic carbocycles. The Bertz CT molecular complexity index is 1140. The smallest absolute Gasteiger partial charge is 0.452 e. The van der Waals surface area contributed by atoms with Crippen molar-refractivity contribution >= 4 is 17.2 Å². The Morgan fingerprint density at radius 2 is 1.61 bits per heavy atom. The number of benzene rings is 3. The molecule has 0 amide bonds. The van der Waals surface area contributed by atoms with E-state index in [9.17, 15) is 13.2 Å². The standard InChI is InChI=1S/C26H26F3N3O/c1-4-32(5-2)21-15-16-22-23(17-21)33-25(26(27,28)29,19-9-7-6-8-10-19)31-24(22)30-20-13-11-18(3)12-14-20/h6-17H,4-5H2,1-3H3,(H,30,31). The molecular formula is C26H26F3N3O. The van der Waals surface area contributed by atoms with Crippen LogP contribution in [0.1, 0.15) is 30.5 Å². The second-order valence-electron chi connectivity index (χ2n) is 7.91. The van der Waals surface area contributed by atoms with Gasteiger partial charge in [0.15, 0.2) is 0 Å². The Kier molecular flexibility index (Phi) is 6.06. The highest BCUT2D eigenvalue weighted by atomic mass is 19.4. The van der Waals surface area contributed by atoms with Crippen LogP contribution in [0, 0.1) is 6.92 Å². The van der Waals surface area contributed by atoms with Gasteiger partial charge in [-0.1, -0.05) is 48.0 Å². The molecule has 1 atom stereocenters. The molecule has 0 aromatic heterocycles. The monoisotopic (exact) mass is 453 g/mol. The third-order valence-electron chi connectivity index (χ3n) is 5.74. The average Bonchev–Trinajstić information content (AvgIpc) is 2.81. The summed E-state index contributed by atoms with van der Waals surface area (Å²) in [4.78, 5) is 6.23. The van der Waals surface area contributed by atoms with Crippen molar-refractivity contribution in [3.63, 3.8) is 0 Å². The van der Waals surface area contributed by atoms with Gasteiger partial charge in [0, 0.05) is 36.1 Å². The molecule has 172 valence electrons. The van der Waals surface area contributed by atoms with Crippen LogP contribution >= 0.6 is 0 Å². The van der Waals surface area contributed by atoms with Gasteiger partial charge >= 0.3 is 11.9 Å². The Morgan fingerprint density at radius 1 is 0.939 bits per heavy atom. The van der Waals surface area contributed by atoms with Crippen LogP contribution in [0.15, 0.2) is 77.8 Å². The number of alkyl halides is 3. The summed E-state index contributed by atoms with van der Waals surface area (Å²) in [5.74, 6) is 0.234. The fraction of sp³-hybridized carbons (Fsp3) is 0.269. The second kappa shape index (κ2) is 8.81. The number of fused-ring (bicyclic) bond motifs is 1. The van der Waals surface area contributed by atoms with E-state index in [1.165, 1.54) is 12.1 Å². The van der Waals surface area contributed by atoms with Gasteiger partial charge in [-0.15, -0.1) is 0 Å². The van der Waals surface area contributed by atoms with E-state index in [-0.39, 0.29) is 17.1 Å². The Labute approximate surface area is 191 Å². The molecular weight excluding hydrogens is 427 g/mol. The lowest BCUT2D eigenvalue weighted by atomic mass is 9.99. The molecule has 1 aliphatic rings. The second-order valence-corrected chi connectivity index (χ2v) is 7.91. The lowest BCUT2D eigenvalue weighted by Crippen LogP contribution is -2.49. The summed E-state index contributed by atoms with van der Waals surface area (Å²) in [6.07, 6.45) is -4.79. The first-order valence-electron chi connectivity index (χ1n) is 10.9. The SMILES string of the molecule is CCN(CC)c1ccc2c(c1)OC(c1ccccc1)(C(F)(F)F)N=C2Nc1ccc(C)cc1. The quantitative estimate of drug-likeness (QED) is 0.479. The van der Waals surface area contributed by atoms with E-state index in [0.29, 0.717) is 11.3 Å². The Balaban J connectivity index is 1.91. The average molecular weight is 454 g/mol. The molecule has 0 fully saturated rings. The summed E-state index contributed by atoms with van der Waals surface area (Å²) in [6.45, 7) is 7.39. The maximum Gasteiger partial charge on any atom is 0.455 e. The van der Waals surface area contributed by atoms with E-state index in [1.54, 1.807) is 30.3 Å². The molecule has 1 unspecified atom stereocenters. The zero-order valence-corrected chi connectivity index (χ0v) is 18.8. The molecule has 0 radical (unpaired) electrons. The maximum absolute atomic E-state index is 14.7. The van der Waals surface area contributed by atoms with Gasteiger partial charge in [0.25, 0.3) is 0 Å². The van der Waals surface area contributed by atoms with Crippen LogP contribution in [0.5, 0.6) is 5.75 Å². The third kappa shape index (κ3) is 4.27. The van der Waals surface area contributed by atoms with E-state index in [0.717, 1.165) is 24.3 Å². The number of nitrogens with zero attached hydrogens (tertiary/aromatic N) is 2. The highest BCUT2D eigenvalue weighted by Crippen LogP contribution is 2.48. The van der Waals surface area contributed by atoms with Gasteiger partial charge in [0.1, 0.15) is 11.6 Å². The summed E-state index contributed by atoms with van der Waals surface area (Å²) in [6, 6.07) is 20.3. The molecule has 0 saturated carbocycles. The summed E-state index contributed by atoms with van der Waals surface area (Å²) in [7, 11) is 0. The Morgan fingerprint density at radius 3 is 2.21 bits per heavy atom. The zero-order valence-electron chi connectivity index (χ0n) is 18.8. The van der Waals surface area contributed by atoms with Crippen LogP contribution in [0.3, 0.4) is 0 Å². The van der Waals surface area contributed by atoms with Crippen molar-refractivity contribution in [2.24, 2.45) is 4.99 Å². The Hall–Kier alpha value is -3.48. The summed E-state index contributed by atoms with van der Waals surface area (Å²) in [5.41, 5.74) is 0.00840. The molecule has 1 N–H and O–H groups in total. The van der Waals surface area contributed by atoms with Crippen LogP contribution in [-0.2, 0) is 5.72 Å². The highest BCUT2D eigenvalue weighted by molar-refractivity contribution is 6.11. The number of hydrogen-bond acceptors (Lipinski definition) is 4. The van der Waals surface area contributed by atoms with Gasteiger partial charge in [-0.25, -0.2) is 4.99 Å². The molecule has 3 aromatic carbocycles. The van der Waals surface area contributed by atoms with Crippen molar-refractivity contribution in [3.05, 3.63) is 89.5 Å². The summed E-state index contributed by atoms with van der Waals surface area (Å²) < 4.78 is 49.7. The number of ether oxygens (including phenoxy) is 1. The molecule has 4 rings (SSSR count). The largest absolute Gasteiger partial charge is 0.455 e. The van der Waals surface area contributed by atoms with E-state index in [1.807, 2.05) is 51.1 Å². The molecule has 1 heterocycles. The van der Waals surface area contributed by atoms with Crippen molar-refractivity contribution in [1.29, 1.82) is 0 Å². The van der Waals surface area contributed by atoms with Crippen molar-refractivity contribution in [1.82, 2.24) is 0 Å². The lowest BCUT2D eigenvalue weighted by Gasteiger charge is -2.38. The highest BCUT2D eigenvalue weighted by Gasteiger charge is 2.61. The molecule has 0 bridgehead atoms. The number of rotatable bonds is 5. The zero-order chi connectivity index (χ0) is 23.6. The van der Waals surface area contributed by atoms with Gasteiger partial charge in [-0.3, -0.25) is 0 Å². The first-order valence-corrected chi connectivity index (χ1v) is 10.9. The van der Waals surface area contributed by atoms with Crippen LogP contribution < -0.4 is 15.0 Å². The molecule has 33 heavy (non-hydrogen) atoms. The lowest BCUT2D eigenvalue weighted by molar-refractivity contribution is -0.252. The number of halogens is 3. The van der Waals surface area contributed by atoms with Crippen LogP contribution in [0.2, 0.25) is 0 Å². The van der Waals surface area contributed by atoms with Gasteiger partial charge in [0.05, 0.1) is 5.56 Å². The molecule has 0 spiro atoms. The number of nitrogens with one attached hydrogen (secondary N) is 1. The van der Waals surface area contributed by atoms with E-state index in [4.69, 9.17) is 4.74 Å². The van der Waals surface area contributed by atoms with E-state index < -0.39 is 11.9 Å². The fourth-order valence-electron chi connectivity index (χ4n) is 3.92. The number of aliphatic imine (C=N–C) groups is 1. The van der Waals surface area contributed by atoms with Crippen molar-refractivity contribution in [2.45, 2.75) is 32.7 Å². The summed E-state index contributed by atoms with van der Waals surface area (Å²) >= 11 is 0. The van der Waals surface area contributed by atoms with Crippen LogP contribution in [0.4, 0.5) is 24.5 Å². The predicted molar refractivity (Wildman–Crippen MR) is 126 cm³/mol. The minimum Gasteiger partial charge on any atom is -0.452 e. The van der Waals surface area contributed by atoms with Crippen molar-refractivity contribution < 1.29 is 17.9 Å². The topological polar surface area (TPSA) is 36.9 Å². The van der Waals surface area contributed by atoms with E-state index in [2.05, 4.69) is 15.2 Å². The van der Waals surface area contributed by atoms with Crippen LogP contribution in [-0.4, -0.2) is 25.1 Å². The third-order valence-corrected chi connectivity index (χ3v) is 5.74. The first kappa shape index (κ1) is 22.7. The minimum atomic E-state index is -4.79. The van der Waals surface area contributed by atoms with Gasteiger partial charge in [0.2, 0.25) is 0 Å². The van der Waals surface area contributed by atoms with Crippen molar-refractivity contribution in [3.8, 4) is 5.75 Å². The molecule has 3 aromatic rings. The first-order chi connectivity index (χ1) is 15.8. The maximum atomic E-state index is 14.7. The number of hydrogen-bond donors (Lipinski definition) is 1. The molecule has 4 nitrogen and oxygen atoms in total. The number of aryl methyl sites for hydroxylation is 1. The molecule has 7 heteroatoms.